The molecule has 1 atom stereocenters. The Morgan fingerprint density at radius 2 is 1.95 bits per heavy atom. The van der Waals surface area contributed by atoms with Crippen LogP contribution in [-0.4, -0.2) is 7.11 Å². The van der Waals surface area contributed by atoms with E-state index >= 15 is 0 Å². The number of halogens is 2. The SMILES string of the molecule is CCC(N)(Cc1cc(OC)ccc1Br)c1ccccc1F. The van der Waals surface area contributed by atoms with E-state index in [2.05, 4.69) is 15.9 Å². The van der Waals surface area contributed by atoms with Gasteiger partial charge in [-0.1, -0.05) is 41.1 Å². The number of nitrogens with two attached hydrogens (primary N) is 1. The van der Waals surface area contributed by atoms with Crippen LogP contribution in [0.2, 0.25) is 0 Å². The van der Waals surface area contributed by atoms with E-state index in [1.165, 1.54) is 6.07 Å². The van der Waals surface area contributed by atoms with Crippen LogP contribution in [0.25, 0.3) is 0 Å². The summed E-state index contributed by atoms with van der Waals surface area (Å²) in [5, 5.41) is 0. The lowest BCUT2D eigenvalue weighted by atomic mass is 9.82. The van der Waals surface area contributed by atoms with E-state index in [4.69, 9.17) is 10.5 Å². The van der Waals surface area contributed by atoms with Gasteiger partial charge in [-0.3, -0.25) is 0 Å². The standard InChI is InChI=1S/C17H19BrFNO/c1-3-17(20,14-6-4-5-7-16(14)19)11-12-10-13(21-2)8-9-15(12)18/h4-10H,3,11,20H2,1-2H3. The van der Waals surface area contributed by atoms with Gasteiger partial charge in [0, 0.05) is 15.6 Å². The topological polar surface area (TPSA) is 35.2 Å². The van der Waals surface area contributed by atoms with Crippen molar-refractivity contribution >= 4 is 15.9 Å². The van der Waals surface area contributed by atoms with Gasteiger partial charge in [-0.25, -0.2) is 4.39 Å². The van der Waals surface area contributed by atoms with Gasteiger partial charge in [0.25, 0.3) is 0 Å². The van der Waals surface area contributed by atoms with Crippen molar-refractivity contribution in [3.8, 4) is 5.75 Å². The molecular formula is C17H19BrFNO. The number of rotatable bonds is 5. The fraction of sp³-hybridized carbons (Fsp3) is 0.294. The van der Waals surface area contributed by atoms with E-state index < -0.39 is 5.54 Å². The summed E-state index contributed by atoms with van der Waals surface area (Å²) >= 11 is 3.53. The second-order valence-corrected chi connectivity index (χ2v) is 5.98. The molecule has 112 valence electrons. The average molecular weight is 352 g/mol. The van der Waals surface area contributed by atoms with Crippen LogP contribution in [0.5, 0.6) is 5.75 Å². The fourth-order valence-electron chi connectivity index (χ4n) is 2.43. The number of ether oxygens (including phenoxy) is 1. The van der Waals surface area contributed by atoms with Gasteiger partial charge < -0.3 is 10.5 Å². The van der Waals surface area contributed by atoms with Gasteiger partial charge in [0.15, 0.2) is 0 Å². The van der Waals surface area contributed by atoms with Gasteiger partial charge in [0.05, 0.1) is 7.11 Å². The van der Waals surface area contributed by atoms with E-state index in [-0.39, 0.29) is 5.82 Å². The molecule has 0 saturated heterocycles. The zero-order chi connectivity index (χ0) is 15.5. The summed E-state index contributed by atoms with van der Waals surface area (Å²) in [5.74, 6) is 0.501. The lowest BCUT2D eigenvalue weighted by Gasteiger charge is -2.30. The molecule has 0 aliphatic rings. The summed E-state index contributed by atoms with van der Waals surface area (Å²) < 4.78 is 20.3. The van der Waals surface area contributed by atoms with Crippen molar-refractivity contribution in [2.75, 3.05) is 7.11 Å². The maximum atomic E-state index is 14.1. The minimum Gasteiger partial charge on any atom is -0.497 e. The number of hydrogen-bond donors (Lipinski definition) is 1. The third kappa shape index (κ3) is 3.44. The third-order valence-electron chi connectivity index (χ3n) is 3.80. The summed E-state index contributed by atoms with van der Waals surface area (Å²) in [7, 11) is 1.62. The summed E-state index contributed by atoms with van der Waals surface area (Å²) in [4.78, 5) is 0. The Bertz CT molecular complexity index is 632. The highest BCUT2D eigenvalue weighted by molar-refractivity contribution is 9.10. The van der Waals surface area contributed by atoms with Crippen LogP contribution in [0.15, 0.2) is 46.9 Å². The van der Waals surface area contributed by atoms with Crippen molar-refractivity contribution in [3.05, 3.63) is 63.9 Å². The Morgan fingerprint density at radius 3 is 2.57 bits per heavy atom. The van der Waals surface area contributed by atoms with Crippen molar-refractivity contribution in [1.82, 2.24) is 0 Å². The Balaban J connectivity index is 2.41. The largest absolute Gasteiger partial charge is 0.497 e. The lowest BCUT2D eigenvalue weighted by Crippen LogP contribution is -2.39. The van der Waals surface area contributed by atoms with E-state index in [9.17, 15) is 4.39 Å². The molecule has 2 aromatic rings. The highest BCUT2D eigenvalue weighted by Crippen LogP contribution is 2.32. The van der Waals surface area contributed by atoms with Gasteiger partial charge >= 0.3 is 0 Å². The summed E-state index contributed by atoms with van der Waals surface area (Å²) in [6, 6.07) is 12.4. The Kier molecular flexibility index (Phi) is 5.01. The lowest BCUT2D eigenvalue weighted by molar-refractivity contribution is 0.397. The number of benzene rings is 2. The highest BCUT2D eigenvalue weighted by atomic mass is 79.9. The second-order valence-electron chi connectivity index (χ2n) is 5.12. The number of hydrogen-bond acceptors (Lipinski definition) is 2. The number of methoxy groups -OCH3 is 1. The van der Waals surface area contributed by atoms with Crippen LogP contribution in [0, 0.1) is 5.82 Å². The van der Waals surface area contributed by atoms with Gasteiger partial charge in [-0.05, 0) is 42.7 Å². The molecule has 0 amide bonds. The molecule has 0 aliphatic carbocycles. The molecule has 0 aliphatic heterocycles. The summed E-state index contributed by atoms with van der Waals surface area (Å²) in [5.41, 5.74) is 7.31. The molecule has 0 bridgehead atoms. The van der Waals surface area contributed by atoms with Crippen molar-refractivity contribution in [1.29, 1.82) is 0 Å². The predicted octanol–water partition coefficient (Wildman–Crippen LogP) is 4.40. The normalized spacial score (nSPS) is 13.8. The van der Waals surface area contributed by atoms with Crippen LogP contribution in [0.1, 0.15) is 24.5 Å². The average Bonchev–Trinajstić information content (AvgIpc) is 2.49. The van der Waals surface area contributed by atoms with Gasteiger partial charge in [0.2, 0.25) is 0 Å². The molecule has 0 aromatic heterocycles. The molecule has 0 spiro atoms. The van der Waals surface area contributed by atoms with E-state index in [0.29, 0.717) is 18.4 Å². The zero-order valence-corrected chi connectivity index (χ0v) is 13.8. The molecule has 21 heavy (non-hydrogen) atoms. The van der Waals surface area contributed by atoms with Crippen LogP contribution >= 0.6 is 15.9 Å². The first-order valence-electron chi connectivity index (χ1n) is 6.86. The monoisotopic (exact) mass is 351 g/mol. The van der Waals surface area contributed by atoms with Gasteiger partial charge in [-0.15, -0.1) is 0 Å². The van der Waals surface area contributed by atoms with Crippen molar-refractivity contribution < 1.29 is 9.13 Å². The smallest absolute Gasteiger partial charge is 0.128 e. The van der Waals surface area contributed by atoms with Crippen LogP contribution < -0.4 is 10.5 Å². The molecule has 2 nitrogen and oxygen atoms in total. The quantitative estimate of drug-likeness (QED) is 0.866. The Labute approximate surface area is 133 Å². The molecule has 2 N–H and O–H groups in total. The molecule has 0 saturated carbocycles. The molecule has 2 aromatic carbocycles. The van der Waals surface area contributed by atoms with Crippen LogP contribution in [0.4, 0.5) is 4.39 Å². The predicted molar refractivity (Wildman–Crippen MR) is 87.0 cm³/mol. The molecule has 0 heterocycles. The van der Waals surface area contributed by atoms with E-state index in [1.54, 1.807) is 19.2 Å². The first-order chi connectivity index (χ1) is 10.00. The third-order valence-corrected chi connectivity index (χ3v) is 4.57. The Morgan fingerprint density at radius 1 is 1.24 bits per heavy atom. The zero-order valence-electron chi connectivity index (χ0n) is 12.2. The molecular weight excluding hydrogens is 333 g/mol. The second kappa shape index (κ2) is 6.58. The van der Waals surface area contributed by atoms with Gasteiger partial charge in [0.1, 0.15) is 11.6 Å². The summed E-state index contributed by atoms with van der Waals surface area (Å²) in [6.07, 6.45) is 1.17. The maximum Gasteiger partial charge on any atom is 0.128 e. The molecule has 1 unspecified atom stereocenters. The first kappa shape index (κ1) is 16.0. The van der Waals surface area contributed by atoms with Crippen LogP contribution in [-0.2, 0) is 12.0 Å². The Hall–Kier alpha value is -1.39. The maximum absolute atomic E-state index is 14.1. The molecule has 2 rings (SSSR count). The first-order valence-corrected chi connectivity index (χ1v) is 7.66. The fourth-order valence-corrected chi connectivity index (χ4v) is 2.82. The summed E-state index contributed by atoms with van der Waals surface area (Å²) in [6.45, 7) is 1.97. The van der Waals surface area contributed by atoms with E-state index in [1.807, 2.05) is 31.2 Å². The molecule has 0 radical (unpaired) electrons. The molecule has 4 heteroatoms. The highest BCUT2D eigenvalue weighted by Gasteiger charge is 2.29. The minimum absolute atomic E-state index is 0.263. The van der Waals surface area contributed by atoms with Crippen molar-refractivity contribution in [2.45, 2.75) is 25.3 Å². The van der Waals surface area contributed by atoms with E-state index in [0.717, 1.165) is 15.8 Å². The molecule has 0 fully saturated rings. The van der Waals surface area contributed by atoms with Crippen molar-refractivity contribution in [2.24, 2.45) is 5.73 Å². The van der Waals surface area contributed by atoms with Crippen molar-refractivity contribution in [3.63, 3.8) is 0 Å². The minimum atomic E-state index is -0.750. The van der Waals surface area contributed by atoms with Crippen LogP contribution in [0.3, 0.4) is 0 Å². The van der Waals surface area contributed by atoms with Gasteiger partial charge in [-0.2, -0.15) is 0 Å².